The summed E-state index contributed by atoms with van der Waals surface area (Å²) < 4.78 is 50.2. The zero-order valence-electron chi connectivity index (χ0n) is 16.7. The summed E-state index contributed by atoms with van der Waals surface area (Å²) in [5, 5.41) is 4.72. The molecule has 31 heavy (non-hydrogen) atoms. The Bertz CT molecular complexity index is 880. The van der Waals surface area contributed by atoms with E-state index in [0.717, 1.165) is 5.56 Å². The third kappa shape index (κ3) is 6.52. The molecule has 166 valence electrons. The third-order valence-electron chi connectivity index (χ3n) is 5.20. The number of benzene rings is 2. The van der Waals surface area contributed by atoms with Gasteiger partial charge in [0, 0.05) is 11.6 Å². The summed E-state index contributed by atoms with van der Waals surface area (Å²) in [5.74, 6) is -1.87. The number of rotatable bonds is 6. The van der Waals surface area contributed by atoms with Crippen LogP contribution < -0.4 is 10.6 Å². The van der Waals surface area contributed by atoms with Crippen LogP contribution in [-0.4, -0.2) is 42.5 Å². The summed E-state index contributed by atoms with van der Waals surface area (Å²) in [4.78, 5) is 27.0. The van der Waals surface area contributed by atoms with Crippen molar-refractivity contribution in [2.45, 2.75) is 25.1 Å². The van der Waals surface area contributed by atoms with E-state index in [0.29, 0.717) is 31.6 Å². The molecular weight excluding hydrogens is 414 g/mol. The lowest BCUT2D eigenvalue weighted by atomic mass is 9.93. The van der Waals surface area contributed by atoms with Crippen molar-refractivity contribution in [3.63, 3.8) is 0 Å². The highest BCUT2D eigenvalue weighted by Gasteiger charge is 2.34. The summed E-state index contributed by atoms with van der Waals surface area (Å²) >= 11 is 0. The van der Waals surface area contributed by atoms with Crippen molar-refractivity contribution in [1.29, 1.82) is 0 Å². The number of piperidine rings is 1. The van der Waals surface area contributed by atoms with E-state index in [1.54, 1.807) is 0 Å². The molecule has 2 N–H and O–H groups in total. The third-order valence-corrected chi connectivity index (χ3v) is 5.20. The van der Waals surface area contributed by atoms with Crippen LogP contribution in [-0.2, 0) is 9.59 Å². The van der Waals surface area contributed by atoms with Crippen LogP contribution in [0.1, 0.15) is 24.4 Å². The Morgan fingerprint density at radius 2 is 1.61 bits per heavy atom. The van der Waals surface area contributed by atoms with Gasteiger partial charge in [-0.3, -0.25) is 14.5 Å². The quantitative estimate of drug-likeness (QED) is 0.674. The van der Waals surface area contributed by atoms with Crippen molar-refractivity contribution in [3.8, 4) is 0 Å². The smallest absolute Gasteiger partial charge is 0.347 e. The molecule has 1 aliphatic heterocycles. The van der Waals surface area contributed by atoms with Crippen LogP contribution in [0.15, 0.2) is 54.6 Å². The van der Waals surface area contributed by atoms with Gasteiger partial charge >= 0.3 is 6.18 Å². The van der Waals surface area contributed by atoms with E-state index < -0.39 is 36.4 Å². The van der Waals surface area contributed by atoms with Crippen molar-refractivity contribution in [1.82, 2.24) is 10.2 Å². The molecule has 0 bridgehead atoms. The van der Waals surface area contributed by atoms with E-state index in [4.69, 9.17) is 0 Å². The molecular formula is C22H23F4N3O2. The highest BCUT2D eigenvalue weighted by molar-refractivity contribution is 5.95. The predicted octanol–water partition coefficient (Wildman–Crippen LogP) is 3.90. The molecule has 5 nitrogen and oxygen atoms in total. The summed E-state index contributed by atoms with van der Waals surface area (Å²) in [6.45, 7) is -0.597. The topological polar surface area (TPSA) is 61.4 Å². The van der Waals surface area contributed by atoms with E-state index in [1.807, 2.05) is 40.5 Å². The number of nitrogens with one attached hydrogen (secondary N) is 2. The Labute approximate surface area is 177 Å². The summed E-state index contributed by atoms with van der Waals surface area (Å²) in [7, 11) is 0. The SMILES string of the molecule is O=C(NCC(F)(F)F)C1CCN(C(C(=O)Nc2ccc(F)cc2)c2ccccc2)CC1. The standard InChI is InChI=1S/C22H23F4N3O2/c23-17-6-8-18(9-7-17)28-21(31)19(15-4-2-1-3-5-15)29-12-10-16(11-13-29)20(30)27-14-22(24,25)26/h1-9,16,19H,10-14H2,(H,27,30)(H,28,31). The minimum absolute atomic E-state index is 0.308. The Kier molecular flexibility index (Phi) is 7.27. The number of carbonyl (C=O) groups excluding carboxylic acids is 2. The molecule has 2 amide bonds. The average Bonchev–Trinajstić information content (AvgIpc) is 2.74. The number of alkyl halides is 3. The highest BCUT2D eigenvalue weighted by atomic mass is 19.4. The number of likely N-dealkylation sites (tertiary alicyclic amines) is 1. The molecule has 0 saturated carbocycles. The van der Waals surface area contributed by atoms with Gasteiger partial charge in [0.05, 0.1) is 0 Å². The fourth-order valence-electron chi connectivity index (χ4n) is 3.66. The van der Waals surface area contributed by atoms with Gasteiger partial charge in [-0.1, -0.05) is 30.3 Å². The van der Waals surface area contributed by atoms with Crippen molar-refractivity contribution in [2.75, 3.05) is 25.0 Å². The van der Waals surface area contributed by atoms with Crippen LogP contribution in [0.2, 0.25) is 0 Å². The first-order valence-corrected chi connectivity index (χ1v) is 9.93. The van der Waals surface area contributed by atoms with Crippen LogP contribution >= 0.6 is 0 Å². The number of halogens is 4. The zero-order chi connectivity index (χ0) is 22.4. The molecule has 1 heterocycles. The van der Waals surface area contributed by atoms with Gasteiger partial charge in [-0.15, -0.1) is 0 Å². The van der Waals surface area contributed by atoms with Gasteiger partial charge < -0.3 is 10.6 Å². The maximum Gasteiger partial charge on any atom is 0.405 e. The first kappa shape index (κ1) is 22.7. The largest absolute Gasteiger partial charge is 0.405 e. The van der Waals surface area contributed by atoms with Gasteiger partial charge in [0.15, 0.2) is 0 Å². The lowest BCUT2D eigenvalue weighted by molar-refractivity contribution is -0.142. The van der Waals surface area contributed by atoms with E-state index >= 15 is 0 Å². The van der Waals surface area contributed by atoms with Crippen molar-refractivity contribution < 1.29 is 27.2 Å². The number of anilines is 1. The van der Waals surface area contributed by atoms with E-state index in [1.165, 1.54) is 24.3 Å². The van der Waals surface area contributed by atoms with Crippen LogP contribution in [0, 0.1) is 11.7 Å². The molecule has 3 rings (SSSR count). The molecule has 2 aromatic rings. The van der Waals surface area contributed by atoms with Crippen molar-refractivity contribution in [3.05, 3.63) is 66.0 Å². The van der Waals surface area contributed by atoms with Crippen molar-refractivity contribution >= 4 is 17.5 Å². The molecule has 0 aliphatic carbocycles. The Hall–Kier alpha value is -2.94. The second kappa shape index (κ2) is 9.91. The number of amides is 2. The molecule has 9 heteroatoms. The van der Waals surface area contributed by atoms with Gasteiger partial charge in [-0.2, -0.15) is 13.2 Å². The summed E-state index contributed by atoms with van der Waals surface area (Å²) in [6.07, 6.45) is -3.76. The molecule has 1 aliphatic rings. The molecule has 1 saturated heterocycles. The average molecular weight is 437 g/mol. The fraction of sp³-hybridized carbons (Fsp3) is 0.364. The second-order valence-electron chi connectivity index (χ2n) is 7.45. The van der Waals surface area contributed by atoms with Crippen molar-refractivity contribution in [2.24, 2.45) is 5.92 Å². The first-order valence-electron chi connectivity index (χ1n) is 9.93. The van der Waals surface area contributed by atoms with Crippen LogP contribution in [0.4, 0.5) is 23.2 Å². The maximum atomic E-state index is 13.1. The number of hydrogen-bond acceptors (Lipinski definition) is 3. The monoisotopic (exact) mass is 437 g/mol. The van der Waals surface area contributed by atoms with Gasteiger partial charge in [0.2, 0.25) is 11.8 Å². The molecule has 1 atom stereocenters. The van der Waals surface area contributed by atoms with Gasteiger partial charge in [0.25, 0.3) is 0 Å². The molecule has 0 spiro atoms. The number of nitrogens with zero attached hydrogens (tertiary/aromatic N) is 1. The molecule has 2 aromatic carbocycles. The minimum Gasteiger partial charge on any atom is -0.347 e. The Morgan fingerprint density at radius 3 is 2.19 bits per heavy atom. The van der Waals surface area contributed by atoms with Gasteiger partial charge in [-0.25, -0.2) is 4.39 Å². The van der Waals surface area contributed by atoms with Gasteiger partial charge in [0.1, 0.15) is 18.4 Å². The van der Waals surface area contributed by atoms with Crippen LogP contribution in [0.5, 0.6) is 0 Å². The second-order valence-corrected chi connectivity index (χ2v) is 7.45. The predicted molar refractivity (Wildman–Crippen MR) is 108 cm³/mol. The maximum absolute atomic E-state index is 13.1. The zero-order valence-corrected chi connectivity index (χ0v) is 16.7. The Balaban J connectivity index is 1.67. The Morgan fingerprint density at radius 1 is 1.00 bits per heavy atom. The highest BCUT2D eigenvalue weighted by Crippen LogP contribution is 2.28. The van der Waals surface area contributed by atoms with E-state index in [2.05, 4.69) is 5.32 Å². The van der Waals surface area contributed by atoms with E-state index in [-0.39, 0.29) is 5.91 Å². The minimum atomic E-state index is -4.45. The fourth-order valence-corrected chi connectivity index (χ4v) is 3.66. The lowest BCUT2D eigenvalue weighted by Crippen LogP contribution is -2.46. The van der Waals surface area contributed by atoms with E-state index in [9.17, 15) is 27.2 Å². The number of hydrogen-bond donors (Lipinski definition) is 2. The summed E-state index contributed by atoms with van der Waals surface area (Å²) in [6, 6.07) is 13.9. The molecule has 1 unspecified atom stereocenters. The van der Waals surface area contributed by atoms with Crippen LogP contribution in [0.25, 0.3) is 0 Å². The lowest BCUT2D eigenvalue weighted by Gasteiger charge is -2.36. The molecule has 0 radical (unpaired) electrons. The van der Waals surface area contributed by atoms with Crippen LogP contribution in [0.3, 0.4) is 0 Å². The normalized spacial score (nSPS) is 16.5. The molecule has 1 fully saturated rings. The first-order chi connectivity index (χ1) is 14.7. The number of carbonyl (C=O) groups is 2. The molecule has 0 aromatic heterocycles. The van der Waals surface area contributed by atoms with Gasteiger partial charge in [-0.05, 0) is 55.8 Å². The summed E-state index contributed by atoms with van der Waals surface area (Å²) in [5.41, 5.74) is 1.20.